The number of hydrogen-bond acceptors (Lipinski definition) is 7. The molecule has 10 nitrogen and oxygen atoms in total. The molecule has 10 heteroatoms. The van der Waals surface area contributed by atoms with Gasteiger partial charge in [-0.3, -0.25) is 9.59 Å². The molecule has 0 bridgehead atoms. The quantitative estimate of drug-likeness (QED) is 0.416. The molecule has 3 heterocycles. The van der Waals surface area contributed by atoms with Crippen LogP contribution in [0.15, 0.2) is 17.3 Å². The van der Waals surface area contributed by atoms with Crippen molar-refractivity contribution in [2.75, 3.05) is 6.61 Å². The molecule has 1 amide bonds. The fourth-order valence-electron chi connectivity index (χ4n) is 2.58. The van der Waals surface area contributed by atoms with Crippen LogP contribution in [0.2, 0.25) is 0 Å². The van der Waals surface area contributed by atoms with Gasteiger partial charge in [-0.25, -0.2) is 4.98 Å². The van der Waals surface area contributed by atoms with Crippen molar-refractivity contribution in [2.45, 2.75) is 24.5 Å². The molecule has 4 atom stereocenters. The summed E-state index contributed by atoms with van der Waals surface area (Å²) in [6, 6.07) is 0. The van der Waals surface area contributed by atoms with Crippen molar-refractivity contribution in [3.8, 4) is 0 Å². The summed E-state index contributed by atoms with van der Waals surface area (Å²) in [5.41, 5.74) is 4.68. The molecule has 0 spiro atoms. The van der Waals surface area contributed by atoms with Gasteiger partial charge in [-0.15, -0.1) is 0 Å². The van der Waals surface area contributed by atoms with Gasteiger partial charge in [0, 0.05) is 6.20 Å². The smallest absolute Gasteiger partial charge is 0.261 e. The number of primary amides is 1. The Morgan fingerprint density at radius 2 is 2.18 bits per heavy atom. The summed E-state index contributed by atoms with van der Waals surface area (Å²) in [5, 5.41) is 28.9. The minimum absolute atomic E-state index is 0.0345. The first kappa shape index (κ1) is 14.7. The van der Waals surface area contributed by atoms with Crippen LogP contribution in [0.3, 0.4) is 0 Å². The molecule has 0 saturated carbocycles. The van der Waals surface area contributed by atoms with Gasteiger partial charge in [0.25, 0.3) is 11.5 Å². The Morgan fingerprint density at radius 1 is 1.45 bits per heavy atom. The predicted molar refractivity (Wildman–Crippen MR) is 71.9 cm³/mol. The van der Waals surface area contributed by atoms with Gasteiger partial charge in [0.15, 0.2) is 6.23 Å². The Hall–Kier alpha value is -2.27. The van der Waals surface area contributed by atoms with E-state index in [0.717, 1.165) is 6.33 Å². The molecular formula is C12H14N4O6. The lowest BCUT2D eigenvalue weighted by Gasteiger charge is -2.17. The summed E-state index contributed by atoms with van der Waals surface area (Å²) >= 11 is 0. The number of aromatic amines is 1. The highest BCUT2D eigenvalue weighted by molar-refractivity contribution is 6.05. The Kier molecular flexibility index (Phi) is 3.45. The number of hydrogen-bond donors (Lipinski definition) is 5. The van der Waals surface area contributed by atoms with E-state index in [1.54, 1.807) is 0 Å². The third-order valence-corrected chi connectivity index (χ3v) is 3.67. The van der Waals surface area contributed by atoms with Crippen LogP contribution in [-0.4, -0.2) is 60.7 Å². The van der Waals surface area contributed by atoms with Crippen molar-refractivity contribution < 1.29 is 24.9 Å². The number of aromatic nitrogens is 3. The highest BCUT2D eigenvalue weighted by Gasteiger charge is 2.44. The molecule has 118 valence electrons. The van der Waals surface area contributed by atoms with Gasteiger partial charge in [0.2, 0.25) is 0 Å². The molecule has 0 aliphatic carbocycles. The second-order valence-corrected chi connectivity index (χ2v) is 4.97. The molecule has 1 fully saturated rings. The van der Waals surface area contributed by atoms with Crippen molar-refractivity contribution in [3.05, 3.63) is 28.4 Å². The Morgan fingerprint density at radius 3 is 2.77 bits per heavy atom. The molecule has 6 N–H and O–H groups in total. The lowest BCUT2D eigenvalue weighted by atomic mass is 10.1. The Labute approximate surface area is 122 Å². The SMILES string of the molecule is NC(=O)c1cn([C@H]2O[C@@H](CO)[C@@H](O)[C@H]2O)c2nc[nH]c(=O)c12. The summed E-state index contributed by atoms with van der Waals surface area (Å²) in [7, 11) is 0. The minimum Gasteiger partial charge on any atom is -0.394 e. The molecule has 0 radical (unpaired) electrons. The second kappa shape index (κ2) is 5.18. The van der Waals surface area contributed by atoms with E-state index in [2.05, 4.69) is 9.97 Å². The monoisotopic (exact) mass is 310 g/mol. The number of nitrogens with one attached hydrogen (secondary N) is 1. The topological polar surface area (TPSA) is 164 Å². The van der Waals surface area contributed by atoms with Crippen molar-refractivity contribution in [1.82, 2.24) is 14.5 Å². The summed E-state index contributed by atoms with van der Waals surface area (Å²) in [5.74, 6) is -0.839. The number of carbonyl (C=O) groups excluding carboxylic acids is 1. The highest BCUT2D eigenvalue weighted by atomic mass is 16.6. The summed E-state index contributed by atoms with van der Waals surface area (Å²) < 4.78 is 6.62. The van der Waals surface area contributed by atoms with E-state index in [-0.39, 0.29) is 16.6 Å². The van der Waals surface area contributed by atoms with E-state index in [1.807, 2.05) is 0 Å². The summed E-state index contributed by atoms with van der Waals surface area (Å²) in [4.78, 5) is 29.7. The summed E-state index contributed by atoms with van der Waals surface area (Å²) in [6.07, 6.45) is -2.42. The predicted octanol–water partition coefficient (Wildman–Crippen LogP) is -2.56. The first-order chi connectivity index (χ1) is 10.5. The molecule has 0 aromatic carbocycles. The maximum atomic E-state index is 11.9. The Bertz CT molecular complexity index is 784. The molecule has 1 aliphatic rings. The first-order valence-corrected chi connectivity index (χ1v) is 6.46. The third-order valence-electron chi connectivity index (χ3n) is 3.67. The number of carbonyl (C=O) groups is 1. The van der Waals surface area contributed by atoms with Crippen molar-refractivity contribution >= 4 is 16.9 Å². The summed E-state index contributed by atoms with van der Waals surface area (Å²) in [6.45, 7) is -0.495. The highest BCUT2D eigenvalue weighted by Crippen LogP contribution is 2.32. The zero-order valence-electron chi connectivity index (χ0n) is 11.2. The molecule has 2 aromatic rings. The van der Waals surface area contributed by atoms with E-state index < -0.39 is 42.6 Å². The Balaban J connectivity index is 2.18. The number of nitrogens with zero attached hydrogens (tertiary/aromatic N) is 2. The molecule has 22 heavy (non-hydrogen) atoms. The van der Waals surface area contributed by atoms with Gasteiger partial charge in [-0.2, -0.15) is 0 Å². The maximum absolute atomic E-state index is 11.9. The molecule has 1 aliphatic heterocycles. The number of rotatable bonds is 3. The van der Waals surface area contributed by atoms with E-state index >= 15 is 0 Å². The van der Waals surface area contributed by atoms with Gasteiger partial charge >= 0.3 is 0 Å². The number of amides is 1. The van der Waals surface area contributed by atoms with Crippen LogP contribution in [0.5, 0.6) is 0 Å². The number of aliphatic hydroxyl groups excluding tert-OH is 3. The molecule has 2 aromatic heterocycles. The number of fused-ring (bicyclic) bond motifs is 1. The maximum Gasteiger partial charge on any atom is 0.261 e. The van der Waals surface area contributed by atoms with Gasteiger partial charge in [-0.1, -0.05) is 0 Å². The van der Waals surface area contributed by atoms with E-state index in [4.69, 9.17) is 15.6 Å². The number of ether oxygens (including phenoxy) is 1. The average molecular weight is 310 g/mol. The molecule has 1 saturated heterocycles. The van der Waals surface area contributed by atoms with Crippen LogP contribution >= 0.6 is 0 Å². The van der Waals surface area contributed by atoms with Crippen LogP contribution in [0, 0.1) is 0 Å². The molecule has 3 rings (SSSR count). The lowest BCUT2D eigenvalue weighted by molar-refractivity contribution is -0.0509. The van der Waals surface area contributed by atoms with Crippen LogP contribution in [-0.2, 0) is 4.74 Å². The number of nitrogens with two attached hydrogens (primary N) is 1. The first-order valence-electron chi connectivity index (χ1n) is 6.46. The van der Waals surface area contributed by atoms with Crippen LogP contribution in [0.1, 0.15) is 16.6 Å². The van der Waals surface area contributed by atoms with Gasteiger partial charge < -0.3 is 35.3 Å². The number of H-pyrrole nitrogens is 1. The van der Waals surface area contributed by atoms with E-state index in [9.17, 15) is 19.8 Å². The van der Waals surface area contributed by atoms with Crippen LogP contribution in [0.4, 0.5) is 0 Å². The lowest BCUT2D eigenvalue weighted by Crippen LogP contribution is -2.33. The van der Waals surface area contributed by atoms with Gasteiger partial charge in [0.1, 0.15) is 24.0 Å². The van der Waals surface area contributed by atoms with E-state index in [0.29, 0.717) is 0 Å². The second-order valence-electron chi connectivity index (χ2n) is 4.97. The van der Waals surface area contributed by atoms with Gasteiger partial charge in [-0.05, 0) is 0 Å². The third kappa shape index (κ3) is 2.01. The van der Waals surface area contributed by atoms with Crippen molar-refractivity contribution in [3.63, 3.8) is 0 Å². The zero-order chi connectivity index (χ0) is 16.0. The standard InChI is InChI=1S/C12H14N4O6/c13-9(20)4-1-16(10-6(4)11(21)15-3-14-10)12-8(19)7(18)5(2-17)22-12/h1,3,5,7-8,12,17-19H,2H2,(H2,13,20)(H,14,15,21)/t5-,7+,8+,12-/m0/s1. The fraction of sp³-hybridized carbons (Fsp3) is 0.417. The van der Waals surface area contributed by atoms with Crippen LogP contribution < -0.4 is 11.3 Å². The molecule has 0 unspecified atom stereocenters. The van der Waals surface area contributed by atoms with Crippen LogP contribution in [0.25, 0.3) is 11.0 Å². The fourth-order valence-corrected chi connectivity index (χ4v) is 2.58. The average Bonchev–Trinajstić information content (AvgIpc) is 3.00. The minimum atomic E-state index is -1.37. The van der Waals surface area contributed by atoms with Crippen molar-refractivity contribution in [2.24, 2.45) is 5.73 Å². The van der Waals surface area contributed by atoms with Crippen molar-refractivity contribution in [1.29, 1.82) is 0 Å². The largest absolute Gasteiger partial charge is 0.394 e. The number of aliphatic hydroxyl groups is 3. The van der Waals surface area contributed by atoms with Gasteiger partial charge in [0.05, 0.1) is 23.9 Å². The molecular weight excluding hydrogens is 296 g/mol. The normalized spacial score (nSPS) is 28.3. The van der Waals surface area contributed by atoms with E-state index in [1.165, 1.54) is 10.8 Å². The zero-order valence-corrected chi connectivity index (χ0v) is 11.2.